The third-order valence-electron chi connectivity index (χ3n) is 12.8. The van der Waals surface area contributed by atoms with E-state index in [9.17, 15) is 0 Å². The monoisotopic (exact) mass is 814 g/mol. The molecule has 0 atom stereocenters. The molecule has 0 bridgehead atoms. The lowest BCUT2D eigenvalue weighted by molar-refractivity contribution is 1.18. The zero-order valence-corrected chi connectivity index (χ0v) is 35.1. The third-order valence-corrected chi connectivity index (χ3v) is 12.8. The molecule has 0 amide bonds. The highest BCUT2D eigenvalue weighted by atomic mass is 15.1. The Labute approximate surface area is 373 Å². The van der Waals surface area contributed by atoms with Crippen molar-refractivity contribution < 1.29 is 0 Å². The van der Waals surface area contributed by atoms with Crippen molar-refractivity contribution in [3.63, 3.8) is 0 Å². The average Bonchev–Trinajstić information content (AvgIpc) is 3.71. The molecule has 0 aliphatic rings. The minimum Gasteiger partial charge on any atom is -0.310 e. The van der Waals surface area contributed by atoms with Gasteiger partial charge in [0, 0.05) is 33.5 Å². The SMILES string of the molecule is c1cc(-c2cccc3ccccc23)cc(N(c2ccc(-c3ccc(-c4ccc5ccccc5c4)cc3)cc2)c2ccc(-c3cccc(-n4c5ccccc5c5ccccc54)c3)cc2)c1. The van der Waals surface area contributed by atoms with Gasteiger partial charge in [0.15, 0.2) is 0 Å². The first-order valence-corrected chi connectivity index (χ1v) is 22.0. The molecule has 0 aliphatic carbocycles. The van der Waals surface area contributed by atoms with Crippen LogP contribution in [-0.4, -0.2) is 4.57 Å². The van der Waals surface area contributed by atoms with Crippen LogP contribution >= 0.6 is 0 Å². The van der Waals surface area contributed by atoms with Crippen LogP contribution in [0, 0.1) is 0 Å². The number of anilines is 3. The van der Waals surface area contributed by atoms with E-state index in [1.807, 2.05) is 0 Å². The first-order valence-electron chi connectivity index (χ1n) is 22.0. The van der Waals surface area contributed by atoms with Crippen molar-refractivity contribution in [2.24, 2.45) is 0 Å². The Balaban J connectivity index is 0.907. The average molecular weight is 815 g/mol. The van der Waals surface area contributed by atoms with E-state index >= 15 is 0 Å². The van der Waals surface area contributed by atoms with Crippen LogP contribution in [0.15, 0.2) is 255 Å². The highest BCUT2D eigenvalue weighted by Crippen LogP contribution is 2.40. The normalized spacial score (nSPS) is 11.4. The molecule has 2 nitrogen and oxygen atoms in total. The van der Waals surface area contributed by atoms with E-state index in [0.29, 0.717) is 0 Å². The maximum Gasteiger partial charge on any atom is 0.0541 e. The van der Waals surface area contributed by atoms with Crippen molar-refractivity contribution in [2.75, 3.05) is 4.90 Å². The molecule has 1 heterocycles. The summed E-state index contributed by atoms with van der Waals surface area (Å²) in [7, 11) is 0. The Morgan fingerprint density at radius 3 is 1.39 bits per heavy atom. The Hall–Kier alpha value is -8.46. The molecule has 12 rings (SSSR count). The smallest absolute Gasteiger partial charge is 0.0541 e. The molecule has 0 fully saturated rings. The molecule has 0 saturated heterocycles. The number of para-hydroxylation sites is 2. The number of rotatable bonds is 8. The lowest BCUT2D eigenvalue weighted by Gasteiger charge is -2.26. The van der Waals surface area contributed by atoms with Crippen LogP contribution in [0.1, 0.15) is 0 Å². The Kier molecular flexibility index (Phi) is 9.20. The van der Waals surface area contributed by atoms with Gasteiger partial charge in [-0.25, -0.2) is 0 Å². The highest BCUT2D eigenvalue weighted by molar-refractivity contribution is 6.09. The summed E-state index contributed by atoms with van der Waals surface area (Å²) in [5, 5.41) is 7.53. The molecule has 0 radical (unpaired) electrons. The van der Waals surface area contributed by atoms with E-state index in [4.69, 9.17) is 0 Å². The van der Waals surface area contributed by atoms with E-state index in [1.54, 1.807) is 0 Å². The van der Waals surface area contributed by atoms with Crippen LogP contribution in [0.4, 0.5) is 17.1 Å². The topological polar surface area (TPSA) is 8.17 Å². The van der Waals surface area contributed by atoms with Crippen molar-refractivity contribution >= 4 is 60.4 Å². The van der Waals surface area contributed by atoms with Crippen molar-refractivity contribution in [3.8, 4) is 50.2 Å². The molecular formula is C62H42N2. The summed E-state index contributed by atoms with van der Waals surface area (Å²) in [5.41, 5.74) is 16.4. The van der Waals surface area contributed by atoms with Crippen molar-refractivity contribution in [3.05, 3.63) is 255 Å². The molecule has 0 unspecified atom stereocenters. The summed E-state index contributed by atoms with van der Waals surface area (Å²) in [6, 6.07) is 92.7. The lowest BCUT2D eigenvalue weighted by Crippen LogP contribution is -2.10. The molecule has 0 aliphatic heterocycles. The van der Waals surface area contributed by atoms with Crippen molar-refractivity contribution in [2.45, 2.75) is 0 Å². The summed E-state index contributed by atoms with van der Waals surface area (Å²) >= 11 is 0. The highest BCUT2D eigenvalue weighted by Gasteiger charge is 2.17. The third kappa shape index (κ3) is 6.70. The first kappa shape index (κ1) is 37.3. The van der Waals surface area contributed by atoms with Gasteiger partial charge in [-0.2, -0.15) is 0 Å². The summed E-state index contributed by atoms with van der Waals surface area (Å²) < 4.78 is 2.39. The fourth-order valence-electron chi connectivity index (χ4n) is 9.59. The maximum atomic E-state index is 2.39. The molecule has 12 aromatic rings. The summed E-state index contributed by atoms with van der Waals surface area (Å²) in [6.07, 6.45) is 0. The van der Waals surface area contributed by atoms with Crippen LogP contribution < -0.4 is 4.90 Å². The van der Waals surface area contributed by atoms with Gasteiger partial charge in [-0.3, -0.25) is 0 Å². The van der Waals surface area contributed by atoms with Gasteiger partial charge >= 0.3 is 0 Å². The number of benzene rings is 11. The van der Waals surface area contributed by atoms with E-state index < -0.39 is 0 Å². The zero-order valence-electron chi connectivity index (χ0n) is 35.1. The summed E-state index contributed by atoms with van der Waals surface area (Å²) in [4.78, 5) is 2.37. The minimum absolute atomic E-state index is 1.09. The number of fused-ring (bicyclic) bond motifs is 5. The van der Waals surface area contributed by atoms with Gasteiger partial charge in [0.25, 0.3) is 0 Å². The standard InChI is InChI=1S/C62H42N2/c1-2-14-49-40-51(31-30-43(49)12-1)46-28-26-44(27-29-46)45-32-36-53(37-33-45)63(55-18-10-17-52(42-55)58-23-11-15-48-13-3-4-20-57(48)58)54-38-34-47(35-39-54)50-16-9-19-56(41-50)64-61-24-7-5-21-59(61)60-22-6-8-25-62(60)64/h1-42H. The van der Waals surface area contributed by atoms with Crippen LogP contribution in [0.25, 0.3) is 93.5 Å². The van der Waals surface area contributed by atoms with Gasteiger partial charge in [0.2, 0.25) is 0 Å². The molecule has 300 valence electrons. The molecule has 2 heteroatoms. The Morgan fingerprint density at radius 1 is 0.250 bits per heavy atom. The Morgan fingerprint density at radius 2 is 0.719 bits per heavy atom. The second kappa shape index (κ2) is 15.8. The molecule has 11 aromatic carbocycles. The second-order valence-electron chi connectivity index (χ2n) is 16.6. The Bertz CT molecular complexity index is 3590. The van der Waals surface area contributed by atoms with E-state index in [2.05, 4.69) is 264 Å². The van der Waals surface area contributed by atoms with Crippen molar-refractivity contribution in [1.29, 1.82) is 0 Å². The lowest BCUT2D eigenvalue weighted by atomic mass is 9.97. The fourth-order valence-corrected chi connectivity index (χ4v) is 9.59. The van der Waals surface area contributed by atoms with Crippen LogP contribution in [-0.2, 0) is 0 Å². The molecule has 0 N–H and O–H groups in total. The van der Waals surface area contributed by atoms with Gasteiger partial charge in [-0.05, 0) is 133 Å². The number of nitrogens with zero attached hydrogens (tertiary/aromatic N) is 2. The molecular weight excluding hydrogens is 773 g/mol. The molecule has 64 heavy (non-hydrogen) atoms. The van der Waals surface area contributed by atoms with Gasteiger partial charge < -0.3 is 9.47 Å². The largest absolute Gasteiger partial charge is 0.310 e. The zero-order chi connectivity index (χ0) is 42.4. The minimum atomic E-state index is 1.09. The van der Waals surface area contributed by atoms with Crippen LogP contribution in [0.2, 0.25) is 0 Å². The van der Waals surface area contributed by atoms with E-state index in [1.165, 1.54) is 87.9 Å². The maximum absolute atomic E-state index is 2.39. The number of hydrogen-bond acceptors (Lipinski definition) is 1. The quantitative estimate of drug-likeness (QED) is 0.148. The number of aromatic nitrogens is 1. The van der Waals surface area contributed by atoms with E-state index in [-0.39, 0.29) is 0 Å². The molecule has 0 spiro atoms. The van der Waals surface area contributed by atoms with Gasteiger partial charge in [0.05, 0.1) is 11.0 Å². The summed E-state index contributed by atoms with van der Waals surface area (Å²) in [6.45, 7) is 0. The predicted molar refractivity (Wildman–Crippen MR) is 272 cm³/mol. The molecule has 0 saturated carbocycles. The predicted octanol–water partition coefficient (Wildman–Crippen LogP) is 17.2. The molecule has 1 aromatic heterocycles. The van der Waals surface area contributed by atoms with Gasteiger partial charge in [-0.15, -0.1) is 0 Å². The van der Waals surface area contributed by atoms with Crippen LogP contribution in [0.3, 0.4) is 0 Å². The van der Waals surface area contributed by atoms with E-state index in [0.717, 1.165) is 22.7 Å². The van der Waals surface area contributed by atoms with Crippen LogP contribution in [0.5, 0.6) is 0 Å². The van der Waals surface area contributed by atoms with Gasteiger partial charge in [0.1, 0.15) is 0 Å². The van der Waals surface area contributed by atoms with Gasteiger partial charge in [-0.1, -0.05) is 188 Å². The second-order valence-corrected chi connectivity index (χ2v) is 16.6. The van der Waals surface area contributed by atoms with Crippen molar-refractivity contribution in [1.82, 2.24) is 4.57 Å². The summed E-state index contributed by atoms with van der Waals surface area (Å²) in [5.74, 6) is 0. The fraction of sp³-hybridized carbons (Fsp3) is 0. The number of hydrogen-bond donors (Lipinski definition) is 0. The first-order chi connectivity index (χ1) is 31.7.